The van der Waals surface area contributed by atoms with Gasteiger partial charge in [0.05, 0.1) is 18.6 Å². The Kier molecular flexibility index (Phi) is 7.40. The van der Waals surface area contributed by atoms with E-state index in [0.29, 0.717) is 42.0 Å². The number of nitrogens with zero attached hydrogens (tertiary/aromatic N) is 1. The van der Waals surface area contributed by atoms with Crippen LogP contribution in [0.5, 0.6) is 5.75 Å². The molecule has 0 saturated heterocycles. The third-order valence-corrected chi connectivity index (χ3v) is 8.83. The molecule has 3 aliphatic carbocycles. The number of amides is 2. The molecule has 7 nitrogen and oxygen atoms in total. The minimum atomic E-state index is -0.951. The highest BCUT2D eigenvalue weighted by atomic mass is 16.5. The Labute approximate surface area is 213 Å². The highest BCUT2D eigenvalue weighted by Gasteiger charge is 2.50. The van der Waals surface area contributed by atoms with Gasteiger partial charge in [0.1, 0.15) is 18.0 Å². The van der Waals surface area contributed by atoms with Gasteiger partial charge in [-0.05, 0) is 61.5 Å². The standard InChI is InChI=1S/C29H40N2O5/c1-17(2)9-11-31(25(33)15-20-14-18-7-8-19(20)13-18)23-16-22(29(35)30-10-12-32)26-21-5-3-4-6-24(21)36-28(26)27(23)34/h3-6,16-20,23,26-28,32,34H,7-15H2,1-2H3,(H,30,35). The first-order valence-electron chi connectivity index (χ1n) is 13.7. The summed E-state index contributed by atoms with van der Waals surface area (Å²) in [5.41, 5.74) is 1.36. The molecule has 196 valence electrons. The molecule has 2 bridgehead atoms. The molecule has 1 aliphatic heterocycles. The predicted octanol–water partition coefficient (Wildman–Crippen LogP) is 3.01. The maximum absolute atomic E-state index is 13.8. The Balaban J connectivity index is 1.46. The van der Waals surface area contributed by atoms with Gasteiger partial charge >= 0.3 is 0 Å². The van der Waals surface area contributed by atoms with Crippen molar-refractivity contribution >= 4 is 11.8 Å². The lowest BCUT2D eigenvalue weighted by Crippen LogP contribution is -2.56. The lowest BCUT2D eigenvalue weighted by molar-refractivity contribution is -0.138. The van der Waals surface area contributed by atoms with Gasteiger partial charge in [-0.2, -0.15) is 0 Å². The molecule has 7 heteroatoms. The van der Waals surface area contributed by atoms with Gasteiger partial charge in [-0.25, -0.2) is 0 Å². The van der Waals surface area contributed by atoms with Crippen LogP contribution in [0.15, 0.2) is 35.9 Å². The molecule has 1 heterocycles. The Morgan fingerprint density at radius 2 is 2.00 bits per heavy atom. The Hall–Kier alpha value is -2.38. The van der Waals surface area contributed by atoms with E-state index in [-0.39, 0.29) is 25.0 Å². The number of aliphatic hydroxyl groups excluding tert-OH is 2. The molecule has 2 fully saturated rings. The van der Waals surface area contributed by atoms with Crippen LogP contribution in [0.3, 0.4) is 0 Å². The predicted molar refractivity (Wildman–Crippen MR) is 136 cm³/mol. The van der Waals surface area contributed by atoms with E-state index in [1.54, 1.807) is 6.08 Å². The van der Waals surface area contributed by atoms with E-state index in [1.807, 2.05) is 29.2 Å². The van der Waals surface area contributed by atoms with Crippen molar-refractivity contribution < 1.29 is 24.5 Å². The van der Waals surface area contributed by atoms with Gasteiger partial charge in [0.15, 0.2) is 0 Å². The molecule has 7 atom stereocenters. The topological polar surface area (TPSA) is 99.1 Å². The molecule has 0 radical (unpaired) electrons. The van der Waals surface area contributed by atoms with Gasteiger partial charge in [0.25, 0.3) is 0 Å². The maximum atomic E-state index is 13.8. The molecule has 2 amide bonds. The fraction of sp³-hybridized carbons (Fsp3) is 0.655. The second-order valence-corrected chi connectivity index (χ2v) is 11.6. The second kappa shape index (κ2) is 10.5. The summed E-state index contributed by atoms with van der Waals surface area (Å²) in [6.07, 6.45) is 6.43. The lowest BCUT2D eigenvalue weighted by atomic mass is 9.77. The first kappa shape index (κ1) is 25.3. The van der Waals surface area contributed by atoms with E-state index in [9.17, 15) is 19.8 Å². The number of carbonyl (C=O) groups excluding carboxylic acids is 2. The molecule has 4 aliphatic rings. The highest BCUT2D eigenvalue weighted by molar-refractivity contribution is 5.96. The second-order valence-electron chi connectivity index (χ2n) is 11.6. The number of para-hydroxylation sites is 1. The van der Waals surface area contributed by atoms with Crippen LogP contribution in [0, 0.1) is 23.7 Å². The SMILES string of the molecule is CC(C)CCN(C(=O)CC1CC2CCC1C2)C1C=C(C(=O)NCCO)C2c3ccccc3OC2C1O. The van der Waals surface area contributed by atoms with Crippen molar-refractivity contribution in [2.24, 2.45) is 23.7 Å². The van der Waals surface area contributed by atoms with Gasteiger partial charge < -0.3 is 25.2 Å². The minimum Gasteiger partial charge on any atom is -0.486 e. The molecule has 1 aromatic carbocycles. The summed E-state index contributed by atoms with van der Waals surface area (Å²) in [5, 5.41) is 23.6. The van der Waals surface area contributed by atoms with Crippen LogP contribution < -0.4 is 10.1 Å². The molecule has 5 rings (SSSR count). The smallest absolute Gasteiger partial charge is 0.247 e. The zero-order chi connectivity index (χ0) is 25.4. The van der Waals surface area contributed by atoms with E-state index in [1.165, 1.54) is 19.3 Å². The highest BCUT2D eigenvalue weighted by Crippen LogP contribution is 2.50. The number of hydrogen-bond acceptors (Lipinski definition) is 5. The summed E-state index contributed by atoms with van der Waals surface area (Å²) in [4.78, 5) is 28.9. The van der Waals surface area contributed by atoms with E-state index in [2.05, 4.69) is 19.2 Å². The number of hydrogen-bond donors (Lipinski definition) is 3. The van der Waals surface area contributed by atoms with Crippen LogP contribution in [0.4, 0.5) is 0 Å². The first-order valence-corrected chi connectivity index (χ1v) is 13.7. The maximum Gasteiger partial charge on any atom is 0.247 e. The van der Waals surface area contributed by atoms with Crippen LogP contribution in [-0.2, 0) is 9.59 Å². The number of nitrogens with one attached hydrogen (secondary N) is 1. The van der Waals surface area contributed by atoms with Gasteiger partial charge in [0, 0.05) is 30.6 Å². The average molecular weight is 497 g/mol. The molecule has 7 unspecified atom stereocenters. The van der Waals surface area contributed by atoms with E-state index in [0.717, 1.165) is 24.3 Å². The average Bonchev–Trinajstić information content (AvgIpc) is 3.58. The van der Waals surface area contributed by atoms with Crippen LogP contribution in [0.2, 0.25) is 0 Å². The molecular weight excluding hydrogens is 456 g/mol. The summed E-state index contributed by atoms with van der Waals surface area (Å²) in [7, 11) is 0. The summed E-state index contributed by atoms with van der Waals surface area (Å²) >= 11 is 0. The quantitative estimate of drug-likeness (QED) is 0.488. The third kappa shape index (κ3) is 4.80. The monoisotopic (exact) mass is 496 g/mol. The van der Waals surface area contributed by atoms with Crippen LogP contribution in [-0.4, -0.2) is 64.9 Å². The van der Waals surface area contributed by atoms with Crippen LogP contribution in [0.1, 0.15) is 63.9 Å². The number of carbonyl (C=O) groups is 2. The van der Waals surface area contributed by atoms with Crippen molar-refractivity contribution in [3.8, 4) is 5.75 Å². The minimum absolute atomic E-state index is 0.0672. The number of benzene rings is 1. The van der Waals surface area contributed by atoms with Crippen LogP contribution >= 0.6 is 0 Å². The Morgan fingerprint density at radius 1 is 1.19 bits per heavy atom. The molecule has 36 heavy (non-hydrogen) atoms. The van der Waals surface area contributed by atoms with Crippen molar-refractivity contribution in [1.29, 1.82) is 0 Å². The summed E-state index contributed by atoms with van der Waals surface area (Å²) < 4.78 is 6.21. The van der Waals surface area contributed by atoms with Gasteiger partial charge in [-0.15, -0.1) is 0 Å². The van der Waals surface area contributed by atoms with Gasteiger partial charge in [0.2, 0.25) is 11.8 Å². The van der Waals surface area contributed by atoms with Crippen molar-refractivity contribution in [1.82, 2.24) is 10.2 Å². The zero-order valence-electron chi connectivity index (χ0n) is 21.4. The zero-order valence-corrected chi connectivity index (χ0v) is 21.4. The van der Waals surface area contributed by atoms with Crippen molar-refractivity contribution in [3.63, 3.8) is 0 Å². The molecule has 1 aromatic rings. The Bertz CT molecular complexity index is 1010. The molecule has 3 N–H and O–H groups in total. The van der Waals surface area contributed by atoms with Crippen molar-refractivity contribution in [2.45, 2.75) is 76.5 Å². The normalized spacial score (nSPS) is 32.0. The lowest BCUT2D eigenvalue weighted by Gasteiger charge is -2.41. The largest absolute Gasteiger partial charge is 0.486 e. The molecule has 0 spiro atoms. The summed E-state index contributed by atoms with van der Waals surface area (Å²) in [6, 6.07) is 6.93. The van der Waals surface area contributed by atoms with E-state index < -0.39 is 24.2 Å². The Morgan fingerprint density at radius 3 is 2.69 bits per heavy atom. The molecular formula is C29H40N2O5. The van der Waals surface area contributed by atoms with Gasteiger partial charge in [-0.1, -0.05) is 38.5 Å². The van der Waals surface area contributed by atoms with E-state index in [4.69, 9.17) is 4.74 Å². The fourth-order valence-electron chi connectivity index (χ4n) is 7.00. The number of rotatable bonds is 9. The van der Waals surface area contributed by atoms with Crippen molar-refractivity contribution in [2.75, 3.05) is 19.7 Å². The number of aliphatic hydroxyl groups is 2. The summed E-state index contributed by atoms with van der Waals surface area (Å²) in [5.74, 6) is 2.26. The first-order chi connectivity index (χ1) is 17.4. The van der Waals surface area contributed by atoms with Crippen molar-refractivity contribution in [3.05, 3.63) is 41.5 Å². The molecule has 0 aromatic heterocycles. The van der Waals surface area contributed by atoms with Gasteiger partial charge in [-0.3, -0.25) is 9.59 Å². The summed E-state index contributed by atoms with van der Waals surface area (Å²) in [6.45, 7) is 4.78. The molecule has 2 saturated carbocycles. The van der Waals surface area contributed by atoms with E-state index >= 15 is 0 Å². The fourth-order valence-corrected chi connectivity index (χ4v) is 7.00. The van der Waals surface area contributed by atoms with Crippen LogP contribution in [0.25, 0.3) is 0 Å². The number of ether oxygens (including phenoxy) is 1. The number of fused-ring (bicyclic) bond motifs is 5. The third-order valence-electron chi connectivity index (χ3n) is 8.83.